The summed E-state index contributed by atoms with van der Waals surface area (Å²) in [6.45, 7) is 0. The molecule has 0 unspecified atom stereocenters. The second kappa shape index (κ2) is 12.6. The van der Waals surface area contributed by atoms with Gasteiger partial charge in [-0.2, -0.15) is 0 Å². The molecule has 5 heterocycles. The second-order valence-electron chi connectivity index (χ2n) is 12.0. The van der Waals surface area contributed by atoms with Crippen molar-refractivity contribution in [3.8, 4) is 44.5 Å². The molecule has 0 spiro atoms. The average molecular weight is 758 g/mol. The number of nitrogens with one attached hydrogen (secondary N) is 1. The smallest absolute Gasteiger partial charge is 0.0737 e. The van der Waals surface area contributed by atoms with Crippen molar-refractivity contribution >= 4 is 78.7 Å². The molecular weight excluding hydrogens is 729 g/mol. The van der Waals surface area contributed by atoms with Crippen LogP contribution < -0.4 is 0 Å². The van der Waals surface area contributed by atoms with Crippen LogP contribution in [-0.2, 0) is 0 Å². The van der Waals surface area contributed by atoms with E-state index in [0.717, 1.165) is 87.7 Å². The van der Waals surface area contributed by atoms with Crippen molar-refractivity contribution in [2.45, 2.75) is 0 Å². The summed E-state index contributed by atoms with van der Waals surface area (Å²) in [5, 5.41) is 0. The molecule has 8 bridgehead atoms. The first-order valence-electron chi connectivity index (χ1n) is 16.2. The number of hydrogen-bond donors (Lipinski definition) is 1. The van der Waals surface area contributed by atoms with Gasteiger partial charge in [0.05, 0.1) is 22.8 Å². The quantitative estimate of drug-likeness (QED) is 0.182. The summed E-state index contributed by atoms with van der Waals surface area (Å²) in [7, 11) is 0. The predicted octanol–water partition coefficient (Wildman–Crippen LogP) is 12.7. The highest BCUT2D eigenvalue weighted by Crippen LogP contribution is 2.41. The summed E-state index contributed by atoms with van der Waals surface area (Å²) in [6.07, 6.45) is 8.65. The first-order valence-corrected chi connectivity index (χ1v) is 18.1. The van der Waals surface area contributed by atoms with Gasteiger partial charge in [0.25, 0.3) is 0 Å². The Hall–Kier alpha value is -5.37. The van der Waals surface area contributed by atoms with Crippen molar-refractivity contribution in [3.63, 3.8) is 0 Å². The van der Waals surface area contributed by atoms with E-state index in [2.05, 4.69) is 191 Å². The van der Waals surface area contributed by atoms with Gasteiger partial charge in [-0.3, -0.25) is 0 Å². The lowest BCUT2D eigenvalue weighted by Gasteiger charge is -2.06. The first-order chi connectivity index (χ1) is 24.2. The maximum atomic E-state index is 5.40. The molecule has 2 aliphatic rings. The van der Waals surface area contributed by atoms with Crippen LogP contribution in [-0.4, -0.2) is 15.0 Å². The highest BCUT2D eigenvalue weighted by molar-refractivity contribution is 14.1. The lowest BCUT2D eigenvalue weighted by molar-refractivity contribution is 1.32. The van der Waals surface area contributed by atoms with E-state index in [9.17, 15) is 0 Å². The van der Waals surface area contributed by atoms with Gasteiger partial charge in [-0.15, -0.1) is 11.3 Å². The summed E-state index contributed by atoms with van der Waals surface area (Å²) < 4.78 is 3.52. The van der Waals surface area contributed by atoms with Gasteiger partial charge in [-0.25, -0.2) is 9.97 Å². The van der Waals surface area contributed by atoms with Gasteiger partial charge in [-0.05, 0) is 106 Å². The Balaban J connectivity index is 1.48. The third kappa shape index (κ3) is 5.55. The van der Waals surface area contributed by atoms with Crippen molar-refractivity contribution < 1.29 is 0 Å². The molecule has 3 aromatic heterocycles. The van der Waals surface area contributed by atoms with Crippen LogP contribution in [0, 0.1) is 3.57 Å². The van der Waals surface area contributed by atoms with E-state index in [4.69, 9.17) is 9.97 Å². The number of fused-ring (bicyclic) bond motifs is 8. The number of aromatic amines is 1. The molecule has 49 heavy (non-hydrogen) atoms. The fourth-order valence-electron chi connectivity index (χ4n) is 6.72. The molecule has 5 heteroatoms. The van der Waals surface area contributed by atoms with Gasteiger partial charge < -0.3 is 4.98 Å². The minimum atomic E-state index is 0.924. The third-order valence-electron chi connectivity index (χ3n) is 8.95. The molecule has 0 saturated heterocycles. The Morgan fingerprint density at radius 2 is 0.755 bits per heavy atom. The van der Waals surface area contributed by atoms with Crippen LogP contribution in [0.25, 0.3) is 89.2 Å². The van der Waals surface area contributed by atoms with E-state index < -0.39 is 0 Å². The summed E-state index contributed by atoms with van der Waals surface area (Å²) in [4.78, 5) is 14.6. The van der Waals surface area contributed by atoms with Gasteiger partial charge in [0, 0.05) is 46.3 Å². The fraction of sp³-hybridized carbons (Fsp3) is 0. The summed E-state index contributed by atoms with van der Waals surface area (Å²) in [5.74, 6) is 0. The Labute approximate surface area is 302 Å². The Morgan fingerprint density at radius 3 is 1.18 bits per heavy atom. The molecular formula is C44H28IN3S. The maximum Gasteiger partial charge on any atom is 0.0737 e. The summed E-state index contributed by atoms with van der Waals surface area (Å²) in [5.41, 5.74) is 14.6. The van der Waals surface area contributed by atoms with Gasteiger partial charge in [-0.1, -0.05) is 103 Å². The third-order valence-corrected chi connectivity index (χ3v) is 10.8. The van der Waals surface area contributed by atoms with Crippen molar-refractivity contribution in [1.82, 2.24) is 15.0 Å². The molecule has 0 radical (unpaired) electrons. The molecule has 232 valence electrons. The zero-order valence-corrected chi connectivity index (χ0v) is 29.2. The minimum Gasteiger partial charge on any atom is -0.354 e. The number of H-pyrrole nitrogens is 1. The molecule has 1 N–H and O–H groups in total. The topological polar surface area (TPSA) is 41.6 Å². The van der Waals surface area contributed by atoms with Crippen molar-refractivity contribution in [2.75, 3.05) is 0 Å². The predicted molar refractivity (Wildman–Crippen MR) is 217 cm³/mol. The highest BCUT2D eigenvalue weighted by Gasteiger charge is 2.18. The number of aromatic nitrogens is 3. The molecule has 2 aliphatic heterocycles. The highest BCUT2D eigenvalue weighted by atomic mass is 127. The van der Waals surface area contributed by atoms with E-state index in [0.29, 0.717) is 0 Å². The van der Waals surface area contributed by atoms with Gasteiger partial charge >= 0.3 is 0 Å². The minimum absolute atomic E-state index is 0.924. The number of rotatable bonds is 4. The largest absolute Gasteiger partial charge is 0.354 e. The maximum absolute atomic E-state index is 5.40. The van der Waals surface area contributed by atoms with Gasteiger partial charge in [0.1, 0.15) is 0 Å². The van der Waals surface area contributed by atoms with Crippen LogP contribution in [0.2, 0.25) is 0 Å². The van der Waals surface area contributed by atoms with Crippen molar-refractivity contribution in [1.29, 1.82) is 0 Å². The molecule has 7 aromatic rings. The molecule has 9 rings (SSSR count). The molecule has 0 amide bonds. The van der Waals surface area contributed by atoms with Crippen LogP contribution in [0.5, 0.6) is 0 Å². The lowest BCUT2D eigenvalue weighted by atomic mass is 10.0. The first kappa shape index (κ1) is 29.7. The van der Waals surface area contributed by atoms with Gasteiger partial charge in [0.15, 0.2) is 0 Å². The van der Waals surface area contributed by atoms with E-state index in [1.54, 1.807) is 11.3 Å². The lowest BCUT2D eigenvalue weighted by Crippen LogP contribution is -1.88. The molecule has 4 aromatic carbocycles. The molecule has 3 nitrogen and oxygen atoms in total. The zero-order chi connectivity index (χ0) is 32.7. The number of halogens is 1. The van der Waals surface area contributed by atoms with Crippen LogP contribution in [0.15, 0.2) is 140 Å². The van der Waals surface area contributed by atoms with Crippen molar-refractivity contribution in [3.05, 3.63) is 166 Å². The average Bonchev–Trinajstić information content (AvgIpc) is 3.98. The Kier molecular flexibility index (Phi) is 7.64. The number of thiophene rings is 1. The number of benzene rings is 4. The molecule has 0 atom stereocenters. The number of nitrogens with zero attached hydrogens (tertiary/aromatic N) is 2. The van der Waals surface area contributed by atoms with E-state index >= 15 is 0 Å². The SMILES string of the molecule is Ic1ccc(-c2c3nc(c(-c4ccccc4)c4ccc([nH]4)c(-c4ccccc4)c4nc(c(-c5ccccc5)c5ccc2s5)C=C4)C=C3)cc1. The van der Waals surface area contributed by atoms with Crippen LogP contribution >= 0.6 is 33.9 Å². The van der Waals surface area contributed by atoms with Gasteiger partial charge in [0.2, 0.25) is 0 Å². The zero-order valence-electron chi connectivity index (χ0n) is 26.3. The standard InChI is InChI=1S/C44H28IN3S/c45-32-18-16-31(17-19-32)44-38-25-23-36(48-38)42(29-12-6-2-7-13-29)34-21-20-33(46-34)41(28-10-4-1-5-11-28)35-22-24-37(47-35)43(30-14-8-3-9-15-30)39-26-27-40(44)49-39/h1-27,46H. The second-order valence-corrected chi connectivity index (χ2v) is 14.3. The normalized spacial score (nSPS) is 12.0. The van der Waals surface area contributed by atoms with E-state index in [-0.39, 0.29) is 0 Å². The van der Waals surface area contributed by atoms with Crippen LogP contribution in [0.4, 0.5) is 0 Å². The molecule has 0 aliphatic carbocycles. The Bertz CT molecular complexity index is 2540. The van der Waals surface area contributed by atoms with Crippen LogP contribution in [0.1, 0.15) is 22.8 Å². The Morgan fingerprint density at radius 1 is 0.388 bits per heavy atom. The number of hydrogen-bond acceptors (Lipinski definition) is 3. The summed E-state index contributed by atoms with van der Waals surface area (Å²) >= 11 is 4.16. The fourth-order valence-corrected chi connectivity index (χ4v) is 8.24. The van der Waals surface area contributed by atoms with E-state index in [1.165, 1.54) is 3.57 Å². The monoisotopic (exact) mass is 757 g/mol. The summed E-state index contributed by atoms with van der Waals surface area (Å²) in [6, 6.07) is 49.3. The molecule has 0 fully saturated rings. The molecule has 0 saturated carbocycles. The van der Waals surface area contributed by atoms with E-state index in [1.807, 2.05) is 0 Å². The van der Waals surface area contributed by atoms with Crippen molar-refractivity contribution in [2.24, 2.45) is 0 Å². The van der Waals surface area contributed by atoms with Crippen LogP contribution in [0.3, 0.4) is 0 Å².